The van der Waals surface area contributed by atoms with E-state index < -0.39 is 32.5 Å². The average molecular weight is 918 g/mol. The number of hydrogen-bond donors (Lipinski definition) is 0. The zero-order valence-electron chi connectivity index (χ0n) is 41.7. The third-order valence-corrected chi connectivity index (χ3v) is 11.7. The summed E-state index contributed by atoms with van der Waals surface area (Å²) in [4.78, 5) is 37.7. The molecule has 0 heterocycles. The predicted octanol–water partition coefficient (Wildman–Crippen LogP) is 14.7. The minimum Gasteiger partial charge on any atom is -0.756 e. The lowest BCUT2D eigenvalue weighted by molar-refractivity contribution is -0.870. The lowest BCUT2D eigenvalue weighted by Crippen LogP contribution is -2.37. The number of unbranched alkanes of at least 4 members (excludes halogenated alkanes) is 20. The fourth-order valence-corrected chi connectivity index (χ4v) is 7.40. The van der Waals surface area contributed by atoms with Crippen molar-refractivity contribution < 1.29 is 42.1 Å². The van der Waals surface area contributed by atoms with E-state index in [0.717, 1.165) is 103 Å². The van der Waals surface area contributed by atoms with Gasteiger partial charge in [-0.1, -0.05) is 177 Å². The summed E-state index contributed by atoms with van der Waals surface area (Å²) in [5.41, 5.74) is 0. The van der Waals surface area contributed by atoms with Crippen LogP contribution >= 0.6 is 7.82 Å². The molecule has 0 rings (SSSR count). The van der Waals surface area contributed by atoms with Crippen LogP contribution in [0.2, 0.25) is 0 Å². The quantitative estimate of drug-likeness (QED) is 0.0195. The molecule has 2 unspecified atom stereocenters. The summed E-state index contributed by atoms with van der Waals surface area (Å²) in [5.74, 6) is -0.866. The van der Waals surface area contributed by atoms with E-state index >= 15 is 0 Å². The molecule has 9 nitrogen and oxygen atoms in total. The van der Waals surface area contributed by atoms with Gasteiger partial charge in [0.25, 0.3) is 7.82 Å². The molecule has 0 fully saturated rings. The number of quaternary nitrogens is 1. The topological polar surface area (TPSA) is 111 Å². The summed E-state index contributed by atoms with van der Waals surface area (Å²) in [6.45, 7) is 4.16. The third kappa shape index (κ3) is 48.9. The molecule has 0 aromatic carbocycles. The normalized spacial score (nSPS) is 14.0. The van der Waals surface area contributed by atoms with Crippen LogP contribution in [0, 0.1) is 0 Å². The Balaban J connectivity index is 4.33. The van der Waals surface area contributed by atoms with Crippen molar-refractivity contribution in [3.63, 3.8) is 0 Å². The summed E-state index contributed by atoms with van der Waals surface area (Å²) < 4.78 is 34.0. The van der Waals surface area contributed by atoms with Crippen molar-refractivity contribution >= 4 is 19.8 Å². The molecular weight excluding hydrogens is 822 g/mol. The summed E-state index contributed by atoms with van der Waals surface area (Å²) in [7, 11) is 1.14. The van der Waals surface area contributed by atoms with Crippen LogP contribution in [0.15, 0.2) is 72.9 Å². The first-order chi connectivity index (χ1) is 31.0. The molecule has 0 spiro atoms. The highest BCUT2D eigenvalue weighted by Gasteiger charge is 2.21. The first kappa shape index (κ1) is 61.5. The minimum absolute atomic E-state index is 0.0394. The maximum absolute atomic E-state index is 12.7. The van der Waals surface area contributed by atoms with E-state index in [2.05, 4.69) is 86.8 Å². The molecule has 0 amide bonds. The zero-order chi connectivity index (χ0) is 47.1. The number of nitrogens with zero attached hydrogens (tertiary/aromatic N) is 1. The van der Waals surface area contributed by atoms with Crippen LogP contribution in [0.5, 0.6) is 0 Å². The molecule has 0 N–H and O–H groups in total. The number of esters is 2. The second-order valence-corrected chi connectivity index (χ2v) is 19.6. The third-order valence-electron chi connectivity index (χ3n) is 10.7. The van der Waals surface area contributed by atoms with Crippen LogP contribution in [0.4, 0.5) is 0 Å². The van der Waals surface area contributed by atoms with Gasteiger partial charge >= 0.3 is 11.9 Å². The van der Waals surface area contributed by atoms with Crippen LogP contribution in [0.1, 0.15) is 206 Å². The number of allylic oxidation sites excluding steroid dienone is 12. The SMILES string of the molecule is CCCCC/C=C\C/C=C\C/C=C\CCCCCCCCC(=O)OCC(COP(=O)([O-])OCC[N+](C)(C)C)OC(=O)CCCCCCCC/C=C\C/C=C\C/C=C\CCCCCCC. The van der Waals surface area contributed by atoms with Crippen LogP contribution in [-0.2, 0) is 32.7 Å². The molecular formula is C54H96NO8P. The first-order valence-electron chi connectivity index (χ1n) is 25.6. The van der Waals surface area contributed by atoms with E-state index in [1.54, 1.807) is 0 Å². The van der Waals surface area contributed by atoms with Crippen molar-refractivity contribution in [3.05, 3.63) is 72.9 Å². The van der Waals surface area contributed by atoms with Crippen molar-refractivity contribution in [1.82, 2.24) is 0 Å². The Bertz CT molecular complexity index is 1310. The number of ether oxygens (including phenoxy) is 2. The van der Waals surface area contributed by atoms with Crippen molar-refractivity contribution in [2.45, 2.75) is 213 Å². The summed E-state index contributed by atoms with van der Waals surface area (Å²) >= 11 is 0. The fourth-order valence-electron chi connectivity index (χ4n) is 6.67. The standard InChI is InChI=1S/C54H96NO8P/c1-6-8-10-12-14-16-18-20-22-24-26-27-29-31-33-35-37-39-41-43-45-47-54(57)63-52(51-62-64(58,59)61-49-48-55(3,4)5)50-60-53(56)46-44-42-40-38-36-34-32-30-28-25-23-21-19-17-15-13-11-9-7-2/h15,17-18,20-21,23-24,26,28-31,52H,6-14,16,19,22,25,27,32-51H2,1-5H3/b17-15-,20-18-,23-21-,26-24-,30-28-,31-29-. The van der Waals surface area contributed by atoms with E-state index in [9.17, 15) is 19.0 Å². The Labute approximate surface area is 393 Å². The number of hydrogen-bond acceptors (Lipinski definition) is 8. The largest absolute Gasteiger partial charge is 0.756 e. The maximum atomic E-state index is 12.7. The van der Waals surface area contributed by atoms with Crippen LogP contribution in [0.3, 0.4) is 0 Å². The molecule has 0 saturated carbocycles. The van der Waals surface area contributed by atoms with E-state index in [1.165, 1.54) is 64.2 Å². The van der Waals surface area contributed by atoms with Gasteiger partial charge < -0.3 is 27.9 Å². The van der Waals surface area contributed by atoms with E-state index in [0.29, 0.717) is 23.9 Å². The molecule has 0 aromatic rings. The van der Waals surface area contributed by atoms with Gasteiger partial charge in [0.05, 0.1) is 27.7 Å². The van der Waals surface area contributed by atoms with E-state index in [4.69, 9.17) is 18.5 Å². The van der Waals surface area contributed by atoms with E-state index in [1.807, 2.05) is 21.1 Å². The highest BCUT2D eigenvalue weighted by atomic mass is 31.2. The Morgan fingerprint density at radius 3 is 1.28 bits per heavy atom. The summed E-state index contributed by atoms with van der Waals surface area (Å²) in [5, 5.41) is 0. The number of phosphoric acid groups is 1. The molecule has 0 radical (unpaired) electrons. The van der Waals surface area contributed by atoms with Crippen molar-refractivity contribution in [2.75, 3.05) is 47.5 Å². The zero-order valence-corrected chi connectivity index (χ0v) is 42.6. The predicted molar refractivity (Wildman–Crippen MR) is 268 cm³/mol. The molecule has 0 aliphatic rings. The molecule has 370 valence electrons. The number of likely N-dealkylation sites (N-methyl/N-ethyl adjacent to an activating group) is 1. The molecule has 10 heteroatoms. The highest BCUT2D eigenvalue weighted by molar-refractivity contribution is 7.45. The van der Waals surface area contributed by atoms with Crippen molar-refractivity contribution in [2.24, 2.45) is 0 Å². The highest BCUT2D eigenvalue weighted by Crippen LogP contribution is 2.38. The lowest BCUT2D eigenvalue weighted by atomic mass is 10.1. The van der Waals surface area contributed by atoms with Crippen LogP contribution in [0.25, 0.3) is 0 Å². The Hall–Kier alpha value is -2.55. The second-order valence-electron chi connectivity index (χ2n) is 18.2. The van der Waals surface area contributed by atoms with Gasteiger partial charge in [-0.3, -0.25) is 14.2 Å². The maximum Gasteiger partial charge on any atom is 0.306 e. The Morgan fingerprint density at radius 1 is 0.484 bits per heavy atom. The van der Waals surface area contributed by atoms with Crippen LogP contribution < -0.4 is 4.89 Å². The van der Waals surface area contributed by atoms with Gasteiger partial charge in [0.1, 0.15) is 19.8 Å². The monoisotopic (exact) mass is 918 g/mol. The average Bonchev–Trinajstić information content (AvgIpc) is 3.25. The van der Waals surface area contributed by atoms with Crippen molar-refractivity contribution in [3.8, 4) is 0 Å². The van der Waals surface area contributed by atoms with Gasteiger partial charge in [-0.15, -0.1) is 0 Å². The van der Waals surface area contributed by atoms with Crippen molar-refractivity contribution in [1.29, 1.82) is 0 Å². The first-order valence-corrected chi connectivity index (χ1v) is 27.1. The van der Waals surface area contributed by atoms with Crippen LogP contribution in [-0.4, -0.2) is 70.0 Å². The van der Waals surface area contributed by atoms with Gasteiger partial charge in [0.15, 0.2) is 6.10 Å². The number of carbonyl (C=O) groups excluding carboxylic acids is 2. The summed E-state index contributed by atoms with van der Waals surface area (Å²) in [6, 6.07) is 0. The molecule has 2 atom stereocenters. The number of phosphoric ester groups is 1. The summed E-state index contributed by atoms with van der Waals surface area (Å²) in [6.07, 6.45) is 57.8. The number of carbonyl (C=O) groups is 2. The lowest BCUT2D eigenvalue weighted by Gasteiger charge is -2.28. The van der Waals surface area contributed by atoms with Gasteiger partial charge in [-0.25, -0.2) is 0 Å². The van der Waals surface area contributed by atoms with Gasteiger partial charge in [-0.05, 0) is 89.9 Å². The van der Waals surface area contributed by atoms with Gasteiger partial charge in [0, 0.05) is 12.8 Å². The number of rotatable bonds is 46. The smallest absolute Gasteiger partial charge is 0.306 e. The molecule has 0 bridgehead atoms. The fraction of sp³-hybridized carbons (Fsp3) is 0.741. The Kier molecular flexibility index (Phi) is 43.8. The Morgan fingerprint density at radius 2 is 0.844 bits per heavy atom. The second kappa shape index (κ2) is 45.6. The molecule has 0 aromatic heterocycles. The molecule has 0 aliphatic carbocycles. The molecule has 0 saturated heterocycles. The molecule has 64 heavy (non-hydrogen) atoms. The minimum atomic E-state index is -4.64. The molecule has 0 aliphatic heterocycles. The van der Waals surface area contributed by atoms with Gasteiger partial charge in [-0.2, -0.15) is 0 Å². The van der Waals surface area contributed by atoms with Gasteiger partial charge in [0.2, 0.25) is 0 Å². The van der Waals surface area contributed by atoms with E-state index in [-0.39, 0.29) is 26.1 Å².